The van der Waals surface area contributed by atoms with Gasteiger partial charge in [0.05, 0.1) is 32.4 Å². The van der Waals surface area contributed by atoms with Crippen LogP contribution in [0.1, 0.15) is 11.3 Å². The van der Waals surface area contributed by atoms with E-state index in [0.717, 1.165) is 44.2 Å². The number of nitrogens with one attached hydrogen (secondary N) is 1. The summed E-state index contributed by atoms with van der Waals surface area (Å²) in [6, 6.07) is 14.3. The standard InChI is InChI=1S/C19H21N3O2/c1-15-5-2-3-6-17(15)22-10-8-21(9-11-22)14-16-13-19(24-20-16)18-7-4-12-23-18/h2-7,12-13H,8-11,14H2,1H3/p+1. The van der Waals surface area contributed by atoms with Crippen LogP contribution >= 0.6 is 0 Å². The number of nitrogens with zero attached hydrogens (tertiary/aromatic N) is 2. The molecule has 5 heteroatoms. The van der Waals surface area contributed by atoms with Crippen molar-refractivity contribution in [1.82, 2.24) is 5.16 Å². The summed E-state index contributed by atoms with van der Waals surface area (Å²) in [7, 11) is 0. The number of piperazine rings is 1. The highest BCUT2D eigenvalue weighted by molar-refractivity contribution is 5.53. The fourth-order valence-corrected chi connectivity index (χ4v) is 3.35. The number of anilines is 1. The van der Waals surface area contributed by atoms with Crippen LogP contribution in [0.15, 0.2) is 57.7 Å². The van der Waals surface area contributed by atoms with E-state index in [4.69, 9.17) is 8.94 Å². The fourth-order valence-electron chi connectivity index (χ4n) is 3.35. The van der Waals surface area contributed by atoms with Crippen molar-refractivity contribution in [3.05, 3.63) is 60.0 Å². The first-order chi connectivity index (χ1) is 11.8. The molecule has 0 aliphatic carbocycles. The second-order valence-corrected chi connectivity index (χ2v) is 6.36. The molecule has 0 atom stereocenters. The van der Waals surface area contributed by atoms with Gasteiger partial charge in [0.25, 0.3) is 0 Å². The molecule has 3 aromatic rings. The van der Waals surface area contributed by atoms with E-state index in [0.29, 0.717) is 5.76 Å². The summed E-state index contributed by atoms with van der Waals surface area (Å²) in [5.74, 6) is 1.43. The van der Waals surface area contributed by atoms with Crippen LogP contribution in [-0.4, -0.2) is 31.3 Å². The summed E-state index contributed by atoms with van der Waals surface area (Å²) in [5.41, 5.74) is 3.69. The Morgan fingerprint density at radius 3 is 2.67 bits per heavy atom. The number of aromatic nitrogens is 1. The van der Waals surface area contributed by atoms with Gasteiger partial charge in [-0.3, -0.25) is 0 Å². The van der Waals surface area contributed by atoms with Crippen molar-refractivity contribution < 1.29 is 13.8 Å². The van der Waals surface area contributed by atoms with Crippen molar-refractivity contribution in [3.8, 4) is 11.5 Å². The molecule has 1 N–H and O–H groups in total. The van der Waals surface area contributed by atoms with Crippen LogP contribution in [0.3, 0.4) is 0 Å². The van der Waals surface area contributed by atoms with Gasteiger partial charge < -0.3 is 18.7 Å². The predicted molar refractivity (Wildman–Crippen MR) is 92.0 cm³/mol. The van der Waals surface area contributed by atoms with Crippen LogP contribution in [0.25, 0.3) is 11.5 Å². The topological polar surface area (TPSA) is 46.9 Å². The first-order valence-electron chi connectivity index (χ1n) is 8.43. The molecule has 1 saturated heterocycles. The number of para-hydroxylation sites is 1. The Bertz CT molecular complexity index is 787. The molecule has 3 heterocycles. The fraction of sp³-hybridized carbons (Fsp3) is 0.316. The Morgan fingerprint density at radius 2 is 1.92 bits per heavy atom. The lowest BCUT2D eigenvalue weighted by molar-refractivity contribution is -0.914. The summed E-state index contributed by atoms with van der Waals surface area (Å²) in [6.45, 7) is 7.44. The zero-order valence-corrected chi connectivity index (χ0v) is 13.9. The maximum absolute atomic E-state index is 5.39. The lowest BCUT2D eigenvalue weighted by atomic mass is 10.1. The molecule has 5 nitrogen and oxygen atoms in total. The summed E-state index contributed by atoms with van der Waals surface area (Å²) < 4.78 is 10.7. The van der Waals surface area contributed by atoms with Crippen LogP contribution < -0.4 is 9.80 Å². The smallest absolute Gasteiger partial charge is 0.202 e. The van der Waals surface area contributed by atoms with E-state index in [1.807, 2.05) is 18.2 Å². The highest BCUT2D eigenvalue weighted by atomic mass is 16.5. The Balaban J connectivity index is 1.36. The van der Waals surface area contributed by atoms with Crippen LogP contribution in [-0.2, 0) is 6.54 Å². The van der Waals surface area contributed by atoms with E-state index in [2.05, 4.69) is 41.2 Å². The van der Waals surface area contributed by atoms with Gasteiger partial charge in [0.15, 0.2) is 5.76 Å². The minimum Gasteiger partial charge on any atom is -0.461 e. The van der Waals surface area contributed by atoms with Gasteiger partial charge in [-0.05, 0) is 30.7 Å². The SMILES string of the molecule is Cc1ccccc1N1CC[NH+](Cc2cc(-c3ccco3)on2)CC1. The molecule has 4 rings (SSSR count). The monoisotopic (exact) mass is 324 g/mol. The first kappa shape index (κ1) is 15.0. The summed E-state index contributed by atoms with van der Waals surface area (Å²) >= 11 is 0. The van der Waals surface area contributed by atoms with Gasteiger partial charge >= 0.3 is 0 Å². The largest absolute Gasteiger partial charge is 0.461 e. The normalized spacial score (nSPS) is 15.8. The van der Waals surface area contributed by atoms with E-state index in [1.54, 1.807) is 11.2 Å². The molecular weight excluding hydrogens is 302 g/mol. The third-order valence-corrected chi connectivity index (χ3v) is 4.68. The second kappa shape index (κ2) is 6.53. The summed E-state index contributed by atoms with van der Waals surface area (Å²) in [6.07, 6.45) is 1.65. The number of furan rings is 1. The molecule has 124 valence electrons. The average molecular weight is 324 g/mol. The van der Waals surface area contributed by atoms with Crippen LogP contribution in [0, 0.1) is 6.92 Å². The van der Waals surface area contributed by atoms with E-state index < -0.39 is 0 Å². The van der Waals surface area contributed by atoms with Gasteiger partial charge in [0.1, 0.15) is 12.2 Å². The van der Waals surface area contributed by atoms with Crippen LogP contribution in [0.5, 0.6) is 0 Å². The van der Waals surface area contributed by atoms with Crippen molar-refractivity contribution in [1.29, 1.82) is 0 Å². The van der Waals surface area contributed by atoms with E-state index in [-0.39, 0.29) is 0 Å². The minimum atomic E-state index is 0.702. The van der Waals surface area contributed by atoms with Crippen LogP contribution in [0.4, 0.5) is 5.69 Å². The van der Waals surface area contributed by atoms with Gasteiger partial charge in [-0.1, -0.05) is 23.4 Å². The Hall–Kier alpha value is -2.53. The van der Waals surface area contributed by atoms with Crippen molar-refractivity contribution in [3.63, 3.8) is 0 Å². The van der Waals surface area contributed by atoms with Gasteiger partial charge in [0, 0.05) is 11.8 Å². The van der Waals surface area contributed by atoms with Crippen molar-refractivity contribution >= 4 is 5.69 Å². The van der Waals surface area contributed by atoms with E-state index in [9.17, 15) is 0 Å². The molecule has 1 aliphatic rings. The van der Waals surface area contributed by atoms with Crippen molar-refractivity contribution in [2.45, 2.75) is 13.5 Å². The zero-order chi connectivity index (χ0) is 16.4. The molecular formula is C19H22N3O2+. The maximum Gasteiger partial charge on any atom is 0.202 e. The number of aryl methyl sites for hydroxylation is 1. The number of hydrogen-bond donors (Lipinski definition) is 1. The molecule has 2 aromatic heterocycles. The highest BCUT2D eigenvalue weighted by Crippen LogP contribution is 2.21. The average Bonchev–Trinajstić information content (AvgIpc) is 3.27. The van der Waals surface area contributed by atoms with Gasteiger partial charge in [0.2, 0.25) is 5.76 Å². The molecule has 0 radical (unpaired) electrons. The second-order valence-electron chi connectivity index (χ2n) is 6.36. The Kier molecular flexibility index (Phi) is 4.09. The maximum atomic E-state index is 5.39. The molecule has 0 amide bonds. The van der Waals surface area contributed by atoms with E-state index in [1.165, 1.54) is 11.3 Å². The predicted octanol–water partition coefficient (Wildman–Crippen LogP) is 2.15. The van der Waals surface area contributed by atoms with Gasteiger partial charge in [-0.15, -0.1) is 0 Å². The van der Waals surface area contributed by atoms with Crippen molar-refractivity contribution in [2.24, 2.45) is 0 Å². The van der Waals surface area contributed by atoms with Gasteiger partial charge in [-0.2, -0.15) is 0 Å². The zero-order valence-electron chi connectivity index (χ0n) is 13.9. The molecule has 0 bridgehead atoms. The van der Waals surface area contributed by atoms with Crippen molar-refractivity contribution in [2.75, 3.05) is 31.1 Å². The lowest BCUT2D eigenvalue weighted by Gasteiger charge is -2.34. The number of benzene rings is 1. The molecule has 1 aromatic carbocycles. The third kappa shape index (κ3) is 3.08. The lowest BCUT2D eigenvalue weighted by Crippen LogP contribution is -3.13. The minimum absolute atomic E-state index is 0.702. The Morgan fingerprint density at radius 1 is 1.08 bits per heavy atom. The molecule has 24 heavy (non-hydrogen) atoms. The molecule has 0 spiro atoms. The summed E-state index contributed by atoms with van der Waals surface area (Å²) in [5, 5.41) is 4.19. The molecule has 0 unspecified atom stereocenters. The Labute approximate surface area is 141 Å². The third-order valence-electron chi connectivity index (χ3n) is 4.68. The molecule has 0 saturated carbocycles. The number of quaternary nitrogens is 1. The summed E-state index contributed by atoms with van der Waals surface area (Å²) in [4.78, 5) is 4.02. The highest BCUT2D eigenvalue weighted by Gasteiger charge is 2.22. The first-order valence-corrected chi connectivity index (χ1v) is 8.43. The van der Waals surface area contributed by atoms with Gasteiger partial charge in [-0.25, -0.2) is 0 Å². The number of rotatable bonds is 4. The number of hydrogen-bond acceptors (Lipinski definition) is 4. The quantitative estimate of drug-likeness (QED) is 0.799. The van der Waals surface area contributed by atoms with E-state index >= 15 is 0 Å². The molecule has 1 aliphatic heterocycles. The van der Waals surface area contributed by atoms with Crippen LogP contribution in [0.2, 0.25) is 0 Å². The molecule has 1 fully saturated rings.